The van der Waals surface area contributed by atoms with E-state index in [-0.39, 0.29) is 19.3 Å². The number of unbranched alkanes of at least 4 members (excludes halogenated alkanes) is 33. The summed E-state index contributed by atoms with van der Waals surface area (Å²) >= 11 is 0. The second-order valence-electron chi connectivity index (χ2n) is 27.5. The first-order valence-corrected chi connectivity index (χ1v) is 44.5. The Balaban J connectivity index is 4.41. The van der Waals surface area contributed by atoms with Crippen molar-refractivity contribution in [1.82, 2.24) is 0 Å². The predicted molar refractivity (Wildman–Crippen MR) is 436 cm³/mol. The van der Waals surface area contributed by atoms with Gasteiger partial charge < -0.3 is 34.2 Å². The van der Waals surface area contributed by atoms with E-state index >= 15 is 0 Å². The smallest absolute Gasteiger partial charge is 0.463 e. The molecular formula is C87H150O16P2. The van der Waals surface area contributed by atoms with Crippen LogP contribution in [-0.2, 0) is 55.8 Å². The van der Waals surface area contributed by atoms with Crippen LogP contribution < -0.4 is 0 Å². The average Bonchev–Trinajstić information content (AvgIpc) is 0.932. The van der Waals surface area contributed by atoms with E-state index in [1.807, 2.05) is 0 Å². The third-order valence-electron chi connectivity index (χ3n) is 17.3. The molecule has 0 aliphatic carbocycles. The fourth-order valence-corrected chi connectivity index (χ4v) is 12.6. The zero-order valence-electron chi connectivity index (χ0n) is 66.1. The SMILES string of the molecule is CC/C=C\C/C=C\C/C=C\C/C=C\C/C=C\C/C=C\CCCCC(=O)OCC(COP(=O)(O)OCC(O)COP(=O)(O)OCC(O)COC(=O)CCCCCCCCCCCCCCCCCCCCC/C=C\C/C=C\C/C=C\C/C=C\CCCCC)OC(=O)CCCCCCC/C=C\CCCCCC. The molecule has 0 bridgehead atoms. The molecular weight excluding hydrogens is 1360 g/mol. The van der Waals surface area contributed by atoms with E-state index in [9.17, 15) is 43.5 Å². The van der Waals surface area contributed by atoms with Crippen LogP contribution in [0.15, 0.2) is 134 Å². The number of phosphoric ester groups is 2. The van der Waals surface area contributed by atoms with E-state index in [0.717, 1.165) is 128 Å². The Labute approximate surface area is 639 Å². The highest BCUT2D eigenvalue weighted by atomic mass is 31.2. The van der Waals surface area contributed by atoms with Crippen molar-refractivity contribution >= 4 is 33.6 Å². The minimum Gasteiger partial charge on any atom is -0.463 e. The zero-order valence-corrected chi connectivity index (χ0v) is 67.9. The Kier molecular flexibility index (Phi) is 76.0. The van der Waals surface area contributed by atoms with Crippen molar-refractivity contribution in [3.8, 4) is 0 Å². The molecule has 0 aliphatic heterocycles. The van der Waals surface area contributed by atoms with Crippen LogP contribution in [0.25, 0.3) is 0 Å². The Hall–Kier alpha value is -4.31. The number of phosphoric acid groups is 2. The summed E-state index contributed by atoms with van der Waals surface area (Å²) in [6.07, 6.45) is 96.7. The standard InChI is InChI=1S/C87H150O16P2/c1-4-7-10-13-16-19-22-25-27-29-31-33-34-35-36-37-38-39-40-41-42-43-44-45-46-48-50-51-53-56-58-61-64-67-70-73-85(90)97-76-82(88)77-99-104(93,94)100-78-83(89)79-101-105(95,96)102-81-84(103-87(92)75-72-69-66-63-60-55-24-21-18-15-12-9-6-3)80-98-86(91)74-71-68-65-62-59-57-54-52-49-47-32-30-28-26-23-20-17-14-11-8-5-2/h8,11,16-17,19-21,24-28,31-33,35-36,47,52,54,59,62,82-84,88-89H,4-7,9-10,12-15,18,22-23,29-30,34,37-46,48-51,53,55-58,60-61,63-81H2,1-3H3,(H,93,94)(H,95,96)/b11-8-,19-16-,20-17-,24-21-,27-25-,28-26-,33-31-,36-35-,47-32-,54-52-,62-59-. The lowest BCUT2D eigenvalue weighted by Crippen LogP contribution is -2.30. The van der Waals surface area contributed by atoms with Gasteiger partial charge in [0, 0.05) is 19.3 Å². The van der Waals surface area contributed by atoms with Gasteiger partial charge in [0.05, 0.1) is 26.4 Å². The maximum absolute atomic E-state index is 12.9. The Bertz CT molecular complexity index is 2440. The molecule has 0 heterocycles. The van der Waals surface area contributed by atoms with Crippen LogP contribution in [0.1, 0.15) is 342 Å². The van der Waals surface area contributed by atoms with Gasteiger partial charge in [0.2, 0.25) is 0 Å². The van der Waals surface area contributed by atoms with Gasteiger partial charge in [-0.25, -0.2) is 9.13 Å². The summed E-state index contributed by atoms with van der Waals surface area (Å²) in [5, 5.41) is 20.6. The number of aliphatic hydroxyl groups is 2. The molecule has 0 saturated carbocycles. The largest absolute Gasteiger partial charge is 0.472 e. The van der Waals surface area contributed by atoms with Crippen LogP contribution >= 0.6 is 15.6 Å². The maximum atomic E-state index is 12.9. The maximum Gasteiger partial charge on any atom is 0.472 e. The summed E-state index contributed by atoms with van der Waals surface area (Å²) in [5.41, 5.74) is 0. The van der Waals surface area contributed by atoms with Gasteiger partial charge in [-0.15, -0.1) is 0 Å². The number of ether oxygens (including phenoxy) is 3. The van der Waals surface area contributed by atoms with E-state index in [0.29, 0.717) is 19.3 Å². The molecule has 0 amide bonds. The molecule has 5 atom stereocenters. The van der Waals surface area contributed by atoms with Crippen molar-refractivity contribution in [2.24, 2.45) is 0 Å². The highest BCUT2D eigenvalue weighted by molar-refractivity contribution is 7.47. The molecule has 0 aromatic carbocycles. The van der Waals surface area contributed by atoms with Crippen molar-refractivity contribution in [2.45, 2.75) is 360 Å². The van der Waals surface area contributed by atoms with Crippen LogP contribution in [-0.4, -0.2) is 95.9 Å². The third kappa shape index (κ3) is 80.5. The molecule has 0 aliphatic rings. The number of aliphatic hydroxyl groups excluding tert-OH is 2. The van der Waals surface area contributed by atoms with Crippen molar-refractivity contribution in [2.75, 3.05) is 39.6 Å². The first-order chi connectivity index (χ1) is 51.2. The predicted octanol–water partition coefficient (Wildman–Crippen LogP) is 24.7. The van der Waals surface area contributed by atoms with E-state index in [1.165, 1.54) is 154 Å². The number of carbonyl (C=O) groups is 3. The van der Waals surface area contributed by atoms with Gasteiger partial charge >= 0.3 is 33.6 Å². The Morgan fingerprint density at radius 3 is 0.848 bits per heavy atom. The van der Waals surface area contributed by atoms with Crippen LogP contribution in [0.4, 0.5) is 0 Å². The summed E-state index contributed by atoms with van der Waals surface area (Å²) in [4.78, 5) is 58.6. The molecule has 0 aromatic rings. The van der Waals surface area contributed by atoms with Gasteiger partial charge in [-0.2, -0.15) is 0 Å². The van der Waals surface area contributed by atoms with E-state index in [2.05, 4.69) is 154 Å². The van der Waals surface area contributed by atoms with Crippen LogP contribution in [0.5, 0.6) is 0 Å². The van der Waals surface area contributed by atoms with E-state index < -0.39 is 91.5 Å². The fraction of sp³-hybridized carbons (Fsp3) is 0.713. The topological polar surface area (TPSA) is 231 Å². The second-order valence-corrected chi connectivity index (χ2v) is 30.4. The van der Waals surface area contributed by atoms with Gasteiger partial charge in [-0.3, -0.25) is 32.5 Å². The number of carbonyl (C=O) groups excluding carboxylic acids is 3. The van der Waals surface area contributed by atoms with Crippen LogP contribution in [0.2, 0.25) is 0 Å². The molecule has 5 unspecified atom stereocenters. The number of rotatable bonds is 78. The van der Waals surface area contributed by atoms with Crippen LogP contribution in [0, 0.1) is 0 Å². The lowest BCUT2D eigenvalue weighted by molar-refractivity contribution is -0.161. The molecule has 604 valence electrons. The second kappa shape index (κ2) is 79.2. The molecule has 0 fully saturated rings. The molecule has 0 aromatic heterocycles. The van der Waals surface area contributed by atoms with Crippen LogP contribution in [0.3, 0.4) is 0 Å². The zero-order chi connectivity index (χ0) is 76.6. The highest BCUT2D eigenvalue weighted by Crippen LogP contribution is 2.45. The van der Waals surface area contributed by atoms with Gasteiger partial charge in [0.15, 0.2) is 6.10 Å². The number of esters is 3. The monoisotopic (exact) mass is 1510 g/mol. The summed E-state index contributed by atoms with van der Waals surface area (Å²) in [6, 6.07) is 0. The normalized spacial score (nSPS) is 14.6. The number of hydrogen-bond acceptors (Lipinski definition) is 14. The molecule has 0 saturated heterocycles. The lowest BCUT2D eigenvalue weighted by Gasteiger charge is -2.21. The molecule has 0 rings (SSSR count). The van der Waals surface area contributed by atoms with Crippen molar-refractivity contribution in [1.29, 1.82) is 0 Å². The van der Waals surface area contributed by atoms with Crippen molar-refractivity contribution in [3.63, 3.8) is 0 Å². The van der Waals surface area contributed by atoms with Crippen molar-refractivity contribution in [3.05, 3.63) is 134 Å². The van der Waals surface area contributed by atoms with Gasteiger partial charge in [-0.05, 0) is 141 Å². The molecule has 0 spiro atoms. The fourth-order valence-electron chi connectivity index (χ4n) is 11.0. The molecule has 18 heteroatoms. The summed E-state index contributed by atoms with van der Waals surface area (Å²) in [7, 11) is -9.80. The first kappa shape index (κ1) is 101. The summed E-state index contributed by atoms with van der Waals surface area (Å²) in [6.45, 7) is 2.48. The highest BCUT2D eigenvalue weighted by Gasteiger charge is 2.29. The molecule has 4 N–H and O–H groups in total. The number of hydrogen-bond donors (Lipinski definition) is 4. The first-order valence-electron chi connectivity index (χ1n) is 41.5. The van der Waals surface area contributed by atoms with E-state index in [1.54, 1.807) is 0 Å². The lowest BCUT2D eigenvalue weighted by atomic mass is 10.0. The molecule has 0 radical (unpaired) electrons. The van der Waals surface area contributed by atoms with Gasteiger partial charge in [0.25, 0.3) is 0 Å². The molecule has 16 nitrogen and oxygen atoms in total. The summed E-state index contributed by atoms with van der Waals surface area (Å²) in [5.74, 6) is -1.63. The van der Waals surface area contributed by atoms with Gasteiger partial charge in [0.1, 0.15) is 25.4 Å². The van der Waals surface area contributed by atoms with Crippen molar-refractivity contribution < 1.29 is 75.8 Å². The van der Waals surface area contributed by atoms with E-state index in [4.69, 9.17) is 32.3 Å². The quantitative estimate of drug-likeness (QED) is 0.0146. The Morgan fingerprint density at radius 1 is 0.276 bits per heavy atom. The third-order valence-corrected chi connectivity index (χ3v) is 19.2. The summed E-state index contributed by atoms with van der Waals surface area (Å²) < 4.78 is 61.1. The Morgan fingerprint density at radius 2 is 0.505 bits per heavy atom. The van der Waals surface area contributed by atoms with Gasteiger partial charge in [-0.1, -0.05) is 315 Å². The minimum absolute atomic E-state index is 0.0823. The minimum atomic E-state index is -4.94. The molecule has 105 heavy (non-hydrogen) atoms. The average molecular weight is 1510 g/mol. The number of allylic oxidation sites excluding steroid dienone is 22.